The second-order valence-corrected chi connectivity index (χ2v) is 4.85. The summed E-state index contributed by atoms with van der Waals surface area (Å²) in [5, 5.41) is 3.57. The van der Waals surface area contributed by atoms with E-state index in [1.165, 1.54) is 6.42 Å². The molecule has 0 aromatic carbocycles. The molecule has 0 spiro atoms. The second kappa shape index (κ2) is 2.89. The highest BCUT2D eigenvalue weighted by Gasteiger charge is 2.75. The molecule has 0 amide bonds. The van der Waals surface area contributed by atoms with Gasteiger partial charge in [0.05, 0.1) is 0 Å². The van der Waals surface area contributed by atoms with Crippen LogP contribution >= 0.6 is 12.6 Å². The summed E-state index contributed by atoms with van der Waals surface area (Å²) in [7, 11) is 0. The maximum atomic E-state index is 5.58. The summed E-state index contributed by atoms with van der Waals surface area (Å²) in [5.41, 5.74) is 6.27. The molecule has 3 heteroatoms. The van der Waals surface area contributed by atoms with E-state index in [0.717, 1.165) is 30.8 Å². The van der Waals surface area contributed by atoms with Gasteiger partial charge in [-0.1, -0.05) is 6.92 Å². The zero-order chi connectivity index (χ0) is 8.77. The fourth-order valence-electron chi connectivity index (χ4n) is 2.05. The molecule has 0 bridgehead atoms. The van der Waals surface area contributed by atoms with Gasteiger partial charge in [-0.15, -0.1) is 0 Å². The van der Waals surface area contributed by atoms with Crippen molar-refractivity contribution in [2.24, 2.45) is 23.0 Å². The van der Waals surface area contributed by atoms with Crippen molar-refractivity contribution in [3.63, 3.8) is 0 Å². The Labute approximate surface area is 79.7 Å². The Hall–Kier alpha value is 0.270. The maximum Gasteiger partial charge on any atom is 0.0159 e. The third-order valence-corrected chi connectivity index (χ3v) is 4.08. The first-order valence-electron chi connectivity index (χ1n) is 4.76. The van der Waals surface area contributed by atoms with Gasteiger partial charge in [-0.3, -0.25) is 0 Å². The van der Waals surface area contributed by atoms with Crippen molar-refractivity contribution in [3.05, 3.63) is 0 Å². The van der Waals surface area contributed by atoms with Crippen LogP contribution in [-0.2, 0) is 0 Å². The molecule has 2 aliphatic rings. The normalized spacial score (nSPS) is 45.2. The van der Waals surface area contributed by atoms with E-state index in [1.54, 1.807) is 0 Å². The zero-order valence-electron chi connectivity index (χ0n) is 7.59. The van der Waals surface area contributed by atoms with Crippen LogP contribution in [0.5, 0.6) is 0 Å². The summed E-state index contributed by atoms with van der Waals surface area (Å²) in [5.74, 6) is 2.45. The average Bonchev–Trinajstić information content (AvgIpc) is 2.87. The molecule has 2 nitrogen and oxygen atoms in total. The van der Waals surface area contributed by atoms with Gasteiger partial charge >= 0.3 is 0 Å². The fourth-order valence-corrected chi connectivity index (χ4v) is 2.33. The zero-order valence-corrected chi connectivity index (χ0v) is 8.48. The number of fused-ring (bicyclic) bond motifs is 1. The fraction of sp³-hybridized carbons (Fsp3) is 1.00. The van der Waals surface area contributed by atoms with E-state index in [4.69, 9.17) is 5.73 Å². The minimum Gasteiger partial charge on any atom is -0.330 e. The van der Waals surface area contributed by atoms with Crippen LogP contribution in [0, 0.1) is 17.3 Å². The Bertz CT molecular complexity index is 179. The maximum absolute atomic E-state index is 5.58. The first kappa shape index (κ1) is 8.85. The van der Waals surface area contributed by atoms with Crippen molar-refractivity contribution >= 4 is 12.6 Å². The van der Waals surface area contributed by atoms with Crippen LogP contribution in [0.1, 0.15) is 13.3 Å². The molecule has 1 unspecified atom stereocenters. The molecule has 0 radical (unpaired) electrons. The Kier molecular flexibility index (Phi) is 2.13. The van der Waals surface area contributed by atoms with Gasteiger partial charge in [0, 0.05) is 12.6 Å². The molecule has 2 aliphatic carbocycles. The molecule has 0 saturated heterocycles. The highest BCUT2D eigenvalue weighted by Crippen LogP contribution is 2.74. The molecule has 0 aromatic rings. The highest BCUT2D eigenvalue weighted by molar-refractivity contribution is 7.80. The Morgan fingerprint density at radius 3 is 2.75 bits per heavy atom. The smallest absolute Gasteiger partial charge is 0.0159 e. The first-order valence-corrected chi connectivity index (χ1v) is 5.40. The molecule has 70 valence electrons. The number of thiol groups is 1. The predicted octanol–water partition coefficient (Wildman–Crippen LogP) is 0.489. The van der Waals surface area contributed by atoms with Crippen molar-refractivity contribution in [2.75, 3.05) is 18.8 Å². The summed E-state index contributed by atoms with van der Waals surface area (Å²) < 4.78 is 0. The van der Waals surface area contributed by atoms with Crippen LogP contribution in [-0.4, -0.2) is 24.9 Å². The van der Waals surface area contributed by atoms with E-state index >= 15 is 0 Å². The molecule has 2 fully saturated rings. The Balaban J connectivity index is 1.63. The Morgan fingerprint density at radius 1 is 1.75 bits per heavy atom. The second-order valence-electron chi connectivity index (χ2n) is 4.49. The lowest BCUT2D eigenvalue weighted by atomic mass is 10.1. The topological polar surface area (TPSA) is 38.0 Å². The lowest BCUT2D eigenvalue weighted by molar-refractivity contribution is 0.453. The van der Waals surface area contributed by atoms with Crippen molar-refractivity contribution in [2.45, 2.75) is 19.4 Å². The number of hydrogen-bond acceptors (Lipinski definition) is 3. The van der Waals surface area contributed by atoms with Gasteiger partial charge < -0.3 is 11.1 Å². The summed E-state index contributed by atoms with van der Waals surface area (Å²) in [6.07, 6.45) is 1.44. The molecule has 4 atom stereocenters. The van der Waals surface area contributed by atoms with E-state index in [2.05, 4.69) is 24.9 Å². The van der Waals surface area contributed by atoms with Crippen molar-refractivity contribution in [3.8, 4) is 0 Å². The summed E-state index contributed by atoms with van der Waals surface area (Å²) >= 11 is 4.25. The summed E-state index contributed by atoms with van der Waals surface area (Å²) in [6.45, 7) is 4.18. The van der Waals surface area contributed by atoms with E-state index < -0.39 is 0 Å². The summed E-state index contributed by atoms with van der Waals surface area (Å²) in [6, 6.07) is 0.812. The largest absolute Gasteiger partial charge is 0.330 e. The minimum atomic E-state index is 0.553. The summed E-state index contributed by atoms with van der Waals surface area (Å²) in [4.78, 5) is 0. The highest BCUT2D eigenvalue weighted by atomic mass is 32.1. The third-order valence-electron chi connectivity index (χ3n) is 3.57. The Morgan fingerprint density at radius 2 is 2.42 bits per heavy atom. The van der Waals surface area contributed by atoms with Crippen LogP contribution in [0.4, 0.5) is 0 Å². The number of nitrogens with one attached hydrogen (secondary N) is 1. The molecule has 0 heterocycles. The molecule has 12 heavy (non-hydrogen) atoms. The van der Waals surface area contributed by atoms with Crippen LogP contribution in [0.3, 0.4) is 0 Å². The van der Waals surface area contributed by atoms with E-state index in [-0.39, 0.29) is 0 Å². The minimum absolute atomic E-state index is 0.553. The molecular formula is C9H18N2S. The van der Waals surface area contributed by atoms with Gasteiger partial charge in [-0.25, -0.2) is 0 Å². The number of nitrogens with two attached hydrogens (primary N) is 1. The molecule has 3 N–H and O–H groups in total. The molecule has 2 saturated carbocycles. The molecular weight excluding hydrogens is 168 g/mol. The van der Waals surface area contributed by atoms with E-state index in [0.29, 0.717) is 11.3 Å². The monoisotopic (exact) mass is 186 g/mol. The van der Waals surface area contributed by atoms with Crippen molar-refractivity contribution < 1.29 is 0 Å². The van der Waals surface area contributed by atoms with Crippen LogP contribution < -0.4 is 11.1 Å². The van der Waals surface area contributed by atoms with Gasteiger partial charge in [-0.05, 0) is 36.0 Å². The van der Waals surface area contributed by atoms with Gasteiger partial charge in [0.15, 0.2) is 0 Å². The van der Waals surface area contributed by atoms with E-state index in [9.17, 15) is 0 Å². The SMILES string of the molecule is C[C@]12C[C@@H]1[C@@H]2NCC(CN)CS. The quantitative estimate of drug-likeness (QED) is 0.547. The van der Waals surface area contributed by atoms with Gasteiger partial charge in [0.2, 0.25) is 0 Å². The molecule has 0 aliphatic heterocycles. The lowest BCUT2D eigenvalue weighted by Crippen LogP contribution is -2.34. The third kappa shape index (κ3) is 1.28. The van der Waals surface area contributed by atoms with Crippen molar-refractivity contribution in [1.29, 1.82) is 0 Å². The number of rotatable bonds is 5. The van der Waals surface area contributed by atoms with E-state index in [1.807, 2.05) is 0 Å². The molecule has 2 rings (SSSR count). The van der Waals surface area contributed by atoms with Crippen LogP contribution in [0.25, 0.3) is 0 Å². The van der Waals surface area contributed by atoms with Crippen molar-refractivity contribution in [1.82, 2.24) is 5.32 Å². The van der Waals surface area contributed by atoms with Gasteiger partial charge in [0.1, 0.15) is 0 Å². The van der Waals surface area contributed by atoms with Gasteiger partial charge in [-0.2, -0.15) is 12.6 Å². The standard InChI is InChI=1S/C9H18N2S/c1-9-2-7(9)8(9)11-4-6(3-10)5-12/h6-8,11-12H,2-5,10H2,1H3/t6?,7-,8+,9+/m1/s1. The van der Waals surface area contributed by atoms with Crippen LogP contribution in [0.15, 0.2) is 0 Å². The first-order chi connectivity index (χ1) is 5.72. The average molecular weight is 186 g/mol. The molecule has 0 aromatic heterocycles. The van der Waals surface area contributed by atoms with Gasteiger partial charge in [0.25, 0.3) is 0 Å². The predicted molar refractivity (Wildman–Crippen MR) is 54.4 cm³/mol. The number of hydrogen-bond donors (Lipinski definition) is 3. The lowest BCUT2D eigenvalue weighted by Gasteiger charge is -2.15. The van der Waals surface area contributed by atoms with Crippen LogP contribution in [0.2, 0.25) is 0 Å².